The molecule has 21 heavy (non-hydrogen) atoms. The van der Waals surface area contributed by atoms with Gasteiger partial charge >= 0.3 is 5.97 Å². The van der Waals surface area contributed by atoms with E-state index in [1.807, 2.05) is 30.3 Å². The molecule has 2 atom stereocenters. The zero-order valence-corrected chi connectivity index (χ0v) is 12.3. The second-order valence-electron chi connectivity index (χ2n) is 4.68. The average molecular weight is 289 g/mol. The van der Waals surface area contributed by atoms with Crippen LogP contribution >= 0.6 is 0 Å². The van der Waals surface area contributed by atoms with Gasteiger partial charge in [-0.05, 0) is 43.3 Å². The van der Waals surface area contributed by atoms with Crippen LogP contribution in [0.5, 0.6) is 5.75 Å². The monoisotopic (exact) mass is 289 g/mol. The van der Waals surface area contributed by atoms with Crippen LogP contribution in [-0.4, -0.2) is 20.2 Å². The van der Waals surface area contributed by atoms with E-state index in [4.69, 9.17) is 13.9 Å². The van der Waals surface area contributed by atoms with E-state index in [-0.39, 0.29) is 17.9 Å². The lowest BCUT2D eigenvalue weighted by molar-refractivity contribution is -0.145. The Kier molecular flexibility index (Phi) is 4.87. The predicted molar refractivity (Wildman–Crippen MR) is 79.2 cm³/mol. The molecule has 0 aliphatic heterocycles. The minimum Gasteiger partial charge on any atom is -0.497 e. The van der Waals surface area contributed by atoms with Crippen LogP contribution in [0.1, 0.15) is 18.7 Å². The first-order chi connectivity index (χ1) is 10.2. The first-order valence-corrected chi connectivity index (χ1v) is 6.67. The zero-order valence-electron chi connectivity index (χ0n) is 12.3. The Bertz CT molecular complexity index is 562. The molecule has 0 fully saturated rings. The third-order valence-electron chi connectivity index (χ3n) is 3.33. The summed E-state index contributed by atoms with van der Waals surface area (Å²) in [5, 5.41) is 3.30. The number of rotatable bonds is 6. The molecule has 5 nitrogen and oxygen atoms in total. The van der Waals surface area contributed by atoms with Gasteiger partial charge in [-0.3, -0.25) is 4.79 Å². The van der Waals surface area contributed by atoms with E-state index >= 15 is 0 Å². The average Bonchev–Trinajstić information content (AvgIpc) is 3.05. The van der Waals surface area contributed by atoms with Gasteiger partial charge in [-0.25, -0.2) is 0 Å². The summed E-state index contributed by atoms with van der Waals surface area (Å²) in [5.74, 6) is 0.778. The van der Waals surface area contributed by atoms with Crippen molar-refractivity contribution >= 4 is 11.7 Å². The number of furan rings is 1. The summed E-state index contributed by atoms with van der Waals surface area (Å²) in [4.78, 5) is 11.8. The molecule has 0 spiro atoms. The molecule has 112 valence electrons. The fraction of sp³-hybridized carbons (Fsp3) is 0.312. The summed E-state index contributed by atoms with van der Waals surface area (Å²) in [6, 6.07) is 10.8. The van der Waals surface area contributed by atoms with Crippen LogP contribution in [0.4, 0.5) is 5.69 Å². The van der Waals surface area contributed by atoms with E-state index < -0.39 is 0 Å². The quantitative estimate of drug-likeness (QED) is 0.827. The molecule has 1 N–H and O–H groups in total. The largest absolute Gasteiger partial charge is 0.497 e. The first kappa shape index (κ1) is 15.0. The van der Waals surface area contributed by atoms with Gasteiger partial charge in [0.05, 0.1) is 32.4 Å². The van der Waals surface area contributed by atoms with Crippen molar-refractivity contribution in [2.45, 2.75) is 13.0 Å². The van der Waals surface area contributed by atoms with Gasteiger partial charge in [0.2, 0.25) is 0 Å². The zero-order chi connectivity index (χ0) is 15.2. The predicted octanol–water partition coefficient (Wildman–Crippen LogP) is 3.25. The van der Waals surface area contributed by atoms with E-state index in [9.17, 15) is 4.79 Å². The second-order valence-corrected chi connectivity index (χ2v) is 4.68. The Balaban J connectivity index is 2.21. The standard InChI is InChI=1S/C16H19NO4/c1-11(16(18)20-3)15(14-5-4-10-21-14)17-12-6-8-13(19-2)9-7-12/h4-11,15,17H,1-3H3/t11-,15+/m1/s1. The van der Waals surface area contributed by atoms with E-state index in [1.54, 1.807) is 26.4 Å². The summed E-state index contributed by atoms with van der Waals surface area (Å²) in [7, 11) is 3.00. The van der Waals surface area contributed by atoms with E-state index in [0.29, 0.717) is 5.76 Å². The third kappa shape index (κ3) is 3.56. The highest BCUT2D eigenvalue weighted by molar-refractivity contribution is 5.73. The van der Waals surface area contributed by atoms with Crippen molar-refractivity contribution in [3.63, 3.8) is 0 Å². The number of carbonyl (C=O) groups excluding carboxylic acids is 1. The number of methoxy groups -OCH3 is 2. The Hall–Kier alpha value is -2.43. The fourth-order valence-corrected chi connectivity index (χ4v) is 2.10. The Labute approximate surface area is 123 Å². The molecule has 0 bridgehead atoms. The van der Waals surface area contributed by atoms with Crippen LogP contribution in [0, 0.1) is 5.92 Å². The molecule has 1 aromatic heterocycles. The molecule has 2 rings (SSSR count). The maximum absolute atomic E-state index is 11.8. The highest BCUT2D eigenvalue weighted by atomic mass is 16.5. The van der Waals surface area contributed by atoms with Crippen molar-refractivity contribution in [1.82, 2.24) is 0 Å². The van der Waals surface area contributed by atoms with Crippen molar-refractivity contribution in [3.8, 4) is 5.75 Å². The molecule has 0 unspecified atom stereocenters. The molecule has 1 heterocycles. The van der Waals surface area contributed by atoms with E-state index in [1.165, 1.54) is 7.11 Å². The highest BCUT2D eigenvalue weighted by Crippen LogP contribution is 2.28. The first-order valence-electron chi connectivity index (χ1n) is 6.67. The van der Waals surface area contributed by atoms with Crippen molar-refractivity contribution in [1.29, 1.82) is 0 Å². The van der Waals surface area contributed by atoms with Gasteiger partial charge in [-0.15, -0.1) is 0 Å². The minimum absolute atomic E-state index is 0.294. The molecular weight excluding hydrogens is 270 g/mol. The molecular formula is C16H19NO4. The molecule has 0 saturated carbocycles. The molecule has 0 saturated heterocycles. The number of hydrogen-bond donors (Lipinski definition) is 1. The summed E-state index contributed by atoms with van der Waals surface area (Å²) in [5.41, 5.74) is 0.868. The van der Waals surface area contributed by atoms with Gasteiger partial charge in [0.1, 0.15) is 11.5 Å². The lowest BCUT2D eigenvalue weighted by Gasteiger charge is -2.22. The molecule has 5 heteroatoms. The fourth-order valence-electron chi connectivity index (χ4n) is 2.10. The van der Waals surface area contributed by atoms with Crippen LogP contribution in [0.3, 0.4) is 0 Å². The second kappa shape index (κ2) is 6.83. The van der Waals surface area contributed by atoms with Gasteiger partial charge < -0.3 is 19.2 Å². The highest BCUT2D eigenvalue weighted by Gasteiger charge is 2.28. The summed E-state index contributed by atoms with van der Waals surface area (Å²) >= 11 is 0. The topological polar surface area (TPSA) is 60.7 Å². The third-order valence-corrected chi connectivity index (χ3v) is 3.33. The van der Waals surface area contributed by atoms with Crippen molar-refractivity contribution in [3.05, 3.63) is 48.4 Å². The normalized spacial score (nSPS) is 13.3. The Morgan fingerprint density at radius 2 is 1.90 bits per heavy atom. The Morgan fingerprint density at radius 1 is 1.19 bits per heavy atom. The van der Waals surface area contributed by atoms with Crippen molar-refractivity contribution in [2.24, 2.45) is 5.92 Å². The van der Waals surface area contributed by atoms with Crippen LogP contribution in [-0.2, 0) is 9.53 Å². The SMILES string of the molecule is COC(=O)[C@H](C)[C@H](Nc1ccc(OC)cc1)c1ccco1. The summed E-state index contributed by atoms with van der Waals surface area (Å²) in [6.45, 7) is 1.80. The van der Waals surface area contributed by atoms with Crippen molar-refractivity contribution < 1.29 is 18.7 Å². The maximum atomic E-state index is 11.8. The summed E-state index contributed by atoms with van der Waals surface area (Å²) in [6.07, 6.45) is 1.59. The molecule has 0 aliphatic rings. The maximum Gasteiger partial charge on any atom is 0.310 e. The number of anilines is 1. The lowest BCUT2D eigenvalue weighted by atomic mass is 9.99. The van der Waals surface area contributed by atoms with Crippen LogP contribution in [0.25, 0.3) is 0 Å². The Morgan fingerprint density at radius 3 is 2.43 bits per heavy atom. The van der Waals surface area contributed by atoms with Crippen LogP contribution in [0.15, 0.2) is 47.1 Å². The molecule has 0 amide bonds. The lowest BCUT2D eigenvalue weighted by Crippen LogP contribution is -2.26. The van der Waals surface area contributed by atoms with Crippen LogP contribution < -0.4 is 10.1 Å². The number of ether oxygens (including phenoxy) is 2. The van der Waals surface area contributed by atoms with E-state index in [0.717, 1.165) is 11.4 Å². The summed E-state index contributed by atoms with van der Waals surface area (Å²) < 4.78 is 15.4. The van der Waals surface area contributed by atoms with Gasteiger partial charge in [0, 0.05) is 5.69 Å². The van der Waals surface area contributed by atoms with Gasteiger partial charge in [-0.2, -0.15) is 0 Å². The molecule has 2 aromatic rings. The number of hydrogen-bond acceptors (Lipinski definition) is 5. The number of carbonyl (C=O) groups is 1. The van der Waals surface area contributed by atoms with Gasteiger partial charge in [-0.1, -0.05) is 0 Å². The molecule has 0 radical (unpaired) electrons. The molecule has 1 aromatic carbocycles. The number of benzene rings is 1. The van der Waals surface area contributed by atoms with Gasteiger partial charge in [0.15, 0.2) is 0 Å². The van der Waals surface area contributed by atoms with Gasteiger partial charge in [0.25, 0.3) is 0 Å². The molecule has 0 aliphatic carbocycles. The van der Waals surface area contributed by atoms with E-state index in [2.05, 4.69) is 5.32 Å². The van der Waals surface area contributed by atoms with Crippen molar-refractivity contribution in [2.75, 3.05) is 19.5 Å². The number of nitrogens with one attached hydrogen (secondary N) is 1. The van der Waals surface area contributed by atoms with Crippen LogP contribution in [0.2, 0.25) is 0 Å². The minimum atomic E-state index is -0.386. The smallest absolute Gasteiger partial charge is 0.310 e. The number of esters is 1.